The van der Waals surface area contributed by atoms with Crippen LogP contribution in [-0.2, 0) is 0 Å². The highest BCUT2D eigenvalue weighted by Gasteiger charge is 2.14. The smallest absolute Gasteiger partial charge is 0.336 e. The van der Waals surface area contributed by atoms with Gasteiger partial charge in [-0.15, -0.1) is 10.5 Å². The normalized spacial score (nSPS) is 9.37. The van der Waals surface area contributed by atoms with E-state index >= 15 is 0 Å². The molecule has 0 radical (unpaired) electrons. The Labute approximate surface area is 107 Å². The molecule has 0 aliphatic carbocycles. The predicted octanol–water partition coefficient (Wildman–Crippen LogP) is 2.26. The van der Waals surface area contributed by atoms with Crippen molar-refractivity contribution in [3.8, 4) is 24.0 Å². The van der Waals surface area contributed by atoms with Crippen LogP contribution in [0.15, 0.2) is 30.3 Å². The van der Waals surface area contributed by atoms with Crippen molar-refractivity contribution < 1.29 is 19.4 Å². The third kappa shape index (κ3) is 2.24. The van der Waals surface area contributed by atoms with Gasteiger partial charge in [0.05, 0.1) is 5.56 Å². The SMILES string of the molecule is N#COc1cc(C(=O)O)c2cccc(OC#N)c2c1. The van der Waals surface area contributed by atoms with Crippen molar-refractivity contribution in [2.45, 2.75) is 0 Å². The van der Waals surface area contributed by atoms with Gasteiger partial charge in [0.2, 0.25) is 0 Å². The van der Waals surface area contributed by atoms with E-state index in [0.29, 0.717) is 10.8 Å². The molecule has 2 rings (SSSR count). The summed E-state index contributed by atoms with van der Waals surface area (Å²) in [6.45, 7) is 0. The first-order chi connectivity index (χ1) is 9.17. The van der Waals surface area contributed by atoms with Crippen LogP contribution in [0.1, 0.15) is 10.4 Å². The maximum Gasteiger partial charge on any atom is 0.336 e. The number of benzene rings is 2. The number of rotatable bonds is 3. The molecule has 0 atom stereocenters. The number of ether oxygens (including phenoxy) is 2. The van der Waals surface area contributed by atoms with Gasteiger partial charge in [0.25, 0.3) is 12.5 Å². The number of fused-ring (bicyclic) bond motifs is 1. The van der Waals surface area contributed by atoms with Crippen molar-refractivity contribution in [1.29, 1.82) is 10.5 Å². The third-order valence-electron chi connectivity index (χ3n) is 2.48. The molecular weight excluding hydrogens is 248 g/mol. The molecule has 0 spiro atoms. The van der Waals surface area contributed by atoms with Crippen LogP contribution in [0.3, 0.4) is 0 Å². The monoisotopic (exact) mass is 254 g/mol. The maximum absolute atomic E-state index is 11.2. The number of aromatic carboxylic acids is 1. The summed E-state index contributed by atoms with van der Waals surface area (Å²) in [6, 6.07) is 7.36. The number of nitriles is 2. The number of carbonyl (C=O) groups is 1. The molecule has 2 aromatic rings. The molecule has 0 bridgehead atoms. The van der Waals surface area contributed by atoms with Gasteiger partial charge in [-0.25, -0.2) is 4.79 Å². The highest BCUT2D eigenvalue weighted by atomic mass is 16.5. The van der Waals surface area contributed by atoms with E-state index in [0.717, 1.165) is 0 Å². The van der Waals surface area contributed by atoms with Gasteiger partial charge in [0.1, 0.15) is 11.5 Å². The van der Waals surface area contributed by atoms with Crippen LogP contribution in [0, 0.1) is 23.0 Å². The first kappa shape index (κ1) is 12.2. The van der Waals surface area contributed by atoms with Gasteiger partial charge in [-0.1, -0.05) is 12.1 Å². The van der Waals surface area contributed by atoms with Crippen LogP contribution >= 0.6 is 0 Å². The van der Waals surface area contributed by atoms with Gasteiger partial charge in [0.15, 0.2) is 0 Å². The summed E-state index contributed by atoms with van der Waals surface area (Å²) in [4.78, 5) is 11.2. The third-order valence-corrected chi connectivity index (χ3v) is 2.48. The zero-order chi connectivity index (χ0) is 13.8. The van der Waals surface area contributed by atoms with Crippen LogP contribution in [-0.4, -0.2) is 11.1 Å². The number of nitrogens with zero attached hydrogens (tertiary/aromatic N) is 2. The molecule has 92 valence electrons. The molecule has 1 N–H and O–H groups in total. The van der Waals surface area contributed by atoms with E-state index in [9.17, 15) is 4.79 Å². The number of hydrogen-bond acceptors (Lipinski definition) is 5. The summed E-state index contributed by atoms with van der Waals surface area (Å²) in [5.41, 5.74) is -0.0360. The van der Waals surface area contributed by atoms with Crippen LogP contribution in [0.5, 0.6) is 11.5 Å². The zero-order valence-corrected chi connectivity index (χ0v) is 9.45. The molecule has 2 aromatic carbocycles. The van der Waals surface area contributed by atoms with E-state index in [-0.39, 0.29) is 17.1 Å². The average molecular weight is 254 g/mol. The highest BCUT2D eigenvalue weighted by molar-refractivity contribution is 6.06. The van der Waals surface area contributed by atoms with E-state index in [2.05, 4.69) is 4.74 Å². The van der Waals surface area contributed by atoms with Gasteiger partial charge in [0, 0.05) is 10.8 Å². The van der Waals surface area contributed by atoms with E-state index in [1.807, 2.05) is 0 Å². The topological polar surface area (TPSA) is 103 Å². The van der Waals surface area contributed by atoms with E-state index in [1.54, 1.807) is 12.1 Å². The highest BCUT2D eigenvalue weighted by Crippen LogP contribution is 2.32. The van der Waals surface area contributed by atoms with Gasteiger partial charge in [-0.05, 0) is 18.2 Å². The maximum atomic E-state index is 11.2. The molecule has 0 amide bonds. The van der Waals surface area contributed by atoms with Gasteiger partial charge in [-0.3, -0.25) is 0 Å². The Morgan fingerprint density at radius 1 is 1.11 bits per heavy atom. The van der Waals surface area contributed by atoms with E-state index < -0.39 is 5.97 Å². The quantitative estimate of drug-likeness (QED) is 0.842. The minimum Gasteiger partial charge on any atom is -0.478 e. The Kier molecular flexibility index (Phi) is 3.18. The lowest BCUT2D eigenvalue weighted by Crippen LogP contribution is -1.99. The minimum absolute atomic E-state index is 0.0360. The molecule has 0 saturated carbocycles. The largest absolute Gasteiger partial charge is 0.478 e. The number of carboxylic acid groups (broad SMARTS) is 1. The molecule has 0 saturated heterocycles. The average Bonchev–Trinajstić information content (AvgIpc) is 2.39. The molecule has 19 heavy (non-hydrogen) atoms. The van der Waals surface area contributed by atoms with Gasteiger partial charge < -0.3 is 14.6 Å². The van der Waals surface area contributed by atoms with Crippen molar-refractivity contribution >= 4 is 16.7 Å². The second-order valence-electron chi connectivity index (χ2n) is 3.51. The summed E-state index contributed by atoms with van der Waals surface area (Å²) >= 11 is 0. The van der Waals surface area contributed by atoms with Crippen LogP contribution in [0.4, 0.5) is 0 Å². The van der Waals surface area contributed by atoms with Crippen molar-refractivity contribution in [1.82, 2.24) is 0 Å². The zero-order valence-electron chi connectivity index (χ0n) is 9.45. The Morgan fingerprint density at radius 3 is 2.47 bits per heavy atom. The van der Waals surface area contributed by atoms with Crippen molar-refractivity contribution in [2.24, 2.45) is 0 Å². The Bertz CT molecular complexity index is 741. The summed E-state index contributed by atoms with van der Waals surface area (Å²) < 4.78 is 9.40. The summed E-state index contributed by atoms with van der Waals surface area (Å²) in [5.74, 6) is -0.894. The summed E-state index contributed by atoms with van der Waals surface area (Å²) in [5, 5.41) is 27.0. The van der Waals surface area contributed by atoms with E-state index in [1.165, 1.54) is 30.7 Å². The fraction of sp³-hybridized carbons (Fsp3) is 0. The summed E-state index contributed by atoms with van der Waals surface area (Å²) in [6.07, 6.45) is 2.99. The molecule has 0 aromatic heterocycles. The molecule has 0 unspecified atom stereocenters. The van der Waals surface area contributed by atoms with Crippen LogP contribution in [0.25, 0.3) is 10.8 Å². The van der Waals surface area contributed by atoms with E-state index in [4.69, 9.17) is 20.4 Å². The molecule has 6 heteroatoms. The molecule has 0 aliphatic heterocycles. The van der Waals surface area contributed by atoms with Gasteiger partial charge in [-0.2, -0.15) is 0 Å². The molecule has 0 fully saturated rings. The second kappa shape index (κ2) is 4.94. The first-order valence-electron chi connectivity index (χ1n) is 5.09. The lowest BCUT2D eigenvalue weighted by atomic mass is 10.0. The lowest BCUT2D eigenvalue weighted by molar-refractivity contribution is 0.0698. The standard InChI is InChI=1S/C13H6N2O4/c14-6-18-8-4-10-9(11(5-8)13(16)17)2-1-3-12(10)19-7-15/h1-5H,(H,16,17). The van der Waals surface area contributed by atoms with Gasteiger partial charge >= 0.3 is 5.97 Å². The molecule has 6 nitrogen and oxygen atoms in total. The number of carboxylic acids is 1. The predicted molar refractivity (Wildman–Crippen MR) is 63.4 cm³/mol. The Morgan fingerprint density at radius 2 is 1.84 bits per heavy atom. The Hall–Kier alpha value is -3.25. The molecule has 0 heterocycles. The van der Waals surface area contributed by atoms with Crippen molar-refractivity contribution in [3.05, 3.63) is 35.9 Å². The fourth-order valence-corrected chi connectivity index (χ4v) is 1.76. The van der Waals surface area contributed by atoms with Crippen LogP contribution in [0.2, 0.25) is 0 Å². The first-order valence-corrected chi connectivity index (χ1v) is 5.09. The molecular formula is C13H6N2O4. The van der Waals surface area contributed by atoms with Crippen molar-refractivity contribution in [3.63, 3.8) is 0 Å². The summed E-state index contributed by atoms with van der Waals surface area (Å²) in [7, 11) is 0. The fourth-order valence-electron chi connectivity index (χ4n) is 1.76. The van der Waals surface area contributed by atoms with Crippen LogP contribution < -0.4 is 9.47 Å². The lowest BCUT2D eigenvalue weighted by Gasteiger charge is -2.07. The number of hydrogen-bond donors (Lipinski definition) is 1. The minimum atomic E-state index is -1.16. The molecule has 0 aliphatic rings. The van der Waals surface area contributed by atoms with Crippen molar-refractivity contribution in [2.75, 3.05) is 0 Å². The Balaban J connectivity index is 2.80. The second-order valence-corrected chi connectivity index (χ2v) is 3.51.